The van der Waals surface area contributed by atoms with Crippen molar-refractivity contribution in [1.82, 2.24) is 19.5 Å². The van der Waals surface area contributed by atoms with Gasteiger partial charge in [-0.15, -0.1) is 0 Å². The van der Waals surface area contributed by atoms with Crippen LogP contribution in [0.3, 0.4) is 0 Å². The summed E-state index contributed by atoms with van der Waals surface area (Å²) in [5.41, 5.74) is 10.4. The number of aryl methyl sites for hydroxylation is 1. The Hall–Kier alpha value is -7.05. The molecule has 6 heteroatoms. The van der Waals surface area contributed by atoms with Crippen LogP contribution in [0.1, 0.15) is 25.3 Å². The largest absolute Gasteiger partial charge is 0.456 e. The summed E-state index contributed by atoms with van der Waals surface area (Å²) in [4.78, 5) is 15.6. The Bertz CT molecular complexity index is 3260. The van der Waals surface area contributed by atoms with Crippen LogP contribution in [0.5, 0.6) is 0 Å². The predicted octanol–water partition coefficient (Wildman–Crippen LogP) is 13.1. The molecule has 11 aromatic rings. The van der Waals surface area contributed by atoms with Crippen LogP contribution in [0.4, 0.5) is 0 Å². The highest BCUT2D eigenvalue weighted by molar-refractivity contribution is 6.21. The van der Waals surface area contributed by atoms with Gasteiger partial charge in [-0.05, 0) is 66.9 Å². The van der Waals surface area contributed by atoms with Crippen molar-refractivity contribution in [2.45, 2.75) is 26.2 Å². The molecule has 0 unspecified atom stereocenters. The molecule has 4 heterocycles. The molecule has 0 atom stereocenters. The Morgan fingerprint density at radius 3 is 2.09 bits per heavy atom. The van der Waals surface area contributed by atoms with Crippen LogP contribution in [0.25, 0.3) is 106 Å². The van der Waals surface area contributed by atoms with E-state index in [1.54, 1.807) is 0 Å². The van der Waals surface area contributed by atoms with Gasteiger partial charge in [0.1, 0.15) is 16.7 Å². The van der Waals surface area contributed by atoms with Crippen molar-refractivity contribution in [2.24, 2.45) is 0 Å². The number of hydrogen-bond donors (Lipinski definition) is 0. The lowest BCUT2D eigenvalue weighted by Gasteiger charge is -2.15. The second-order valence-electron chi connectivity index (χ2n) is 14.2. The van der Waals surface area contributed by atoms with Gasteiger partial charge in [0.25, 0.3) is 0 Å². The van der Waals surface area contributed by atoms with Gasteiger partial charge in [-0.1, -0.05) is 116 Å². The minimum atomic E-state index is 0.576. The quantitative estimate of drug-likeness (QED) is 0.165. The smallest absolute Gasteiger partial charge is 0.166 e. The van der Waals surface area contributed by atoms with Crippen molar-refractivity contribution in [3.63, 3.8) is 0 Å². The molecule has 0 aliphatic heterocycles. The van der Waals surface area contributed by atoms with E-state index in [1.165, 1.54) is 5.56 Å². The van der Waals surface area contributed by atoms with E-state index in [1.807, 2.05) is 60.7 Å². The topological polar surface area (TPSA) is 69.9 Å². The molecule has 7 aromatic carbocycles. The lowest BCUT2D eigenvalue weighted by molar-refractivity contribution is 0.669. The van der Waals surface area contributed by atoms with Gasteiger partial charge >= 0.3 is 0 Å². The van der Waals surface area contributed by atoms with Crippen LogP contribution in [0, 0.1) is 0 Å². The molecular formula is C49H34N4O2. The molecule has 0 aliphatic rings. The molecule has 262 valence electrons. The van der Waals surface area contributed by atoms with Gasteiger partial charge in [-0.2, -0.15) is 0 Å². The van der Waals surface area contributed by atoms with E-state index in [4.69, 9.17) is 23.8 Å². The van der Waals surface area contributed by atoms with Crippen molar-refractivity contribution >= 4 is 65.7 Å². The maximum absolute atomic E-state index is 6.81. The molecular weight excluding hydrogens is 677 g/mol. The van der Waals surface area contributed by atoms with E-state index < -0.39 is 0 Å². The van der Waals surface area contributed by atoms with E-state index >= 15 is 0 Å². The first kappa shape index (κ1) is 31.5. The number of unbranched alkanes of at least 4 members (excludes halogenated alkanes) is 1. The van der Waals surface area contributed by atoms with Crippen molar-refractivity contribution < 1.29 is 8.83 Å². The number of aromatic nitrogens is 4. The zero-order chi connectivity index (χ0) is 36.5. The highest BCUT2D eigenvalue weighted by Crippen LogP contribution is 2.43. The summed E-state index contributed by atoms with van der Waals surface area (Å²) >= 11 is 0. The van der Waals surface area contributed by atoms with E-state index in [2.05, 4.69) is 102 Å². The van der Waals surface area contributed by atoms with E-state index in [9.17, 15) is 0 Å². The summed E-state index contributed by atoms with van der Waals surface area (Å²) < 4.78 is 15.4. The standard InChI is InChI=1S/C49H34N4O2/c1-2-3-14-30-25-28-42-38(29-30)34-27-26-33-32-17-7-10-21-39(32)53(45(33)46(34)55-42)40-22-11-8-18-35(40)48-50-47(31-15-5-4-6-16-31)51-49(52-48)37-20-13-24-43-44(37)36-19-9-12-23-41(36)54-43/h4-13,15-29H,2-3,14H2,1H3. The SMILES string of the molecule is CCCCc1ccc2oc3c(ccc4c5ccccc5n(-c5ccccc5-c5nc(-c6ccccc6)nc(-c6cccc7oc8ccccc8c67)n5)c43)c2c1. The van der Waals surface area contributed by atoms with Gasteiger partial charge < -0.3 is 13.4 Å². The van der Waals surface area contributed by atoms with E-state index in [0.717, 1.165) is 107 Å². The maximum Gasteiger partial charge on any atom is 0.166 e. The molecule has 55 heavy (non-hydrogen) atoms. The zero-order valence-corrected chi connectivity index (χ0v) is 30.2. The fourth-order valence-corrected chi connectivity index (χ4v) is 8.27. The van der Waals surface area contributed by atoms with Gasteiger partial charge in [0, 0.05) is 49.0 Å². The minimum Gasteiger partial charge on any atom is -0.456 e. The Labute approximate surface area is 316 Å². The number of fused-ring (bicyclic) bond motifs is 10. The Morgan fingerprint density at radius 1 is 0.509 bits per heavy atom. The van der Waals surface area contributed by atoms with Crippen LogP contribution in [-0.2, 0) is 6.42 Å². The van der Waals surface area contributed by atoms with Crippen LogP contribution >= 0.6 is 0 Å². The lowest BCUT2D eigenvalue weighted by Crippen LogP contribution is -2.03. The second-order valence-corrected chi connectivity index (χ2v) is 14.2. The monoisotopic (exact) mass is 710 g/mol. The Balaban J connectivity index is 1.19. The molecule has 0 saturated carbocycles. The normalized spacial score (nSPS) is 11.9. The number of rotatable bonds is 7. The van der Waals surface area contributed by atoms with Gasteiger partial charge in [0.15, 0.2) is 23.1 Å². The van der Waals surface area contributed by atoms with Crippen molar-refractivity contribution in [3.8, 4) is 39.9 Å². The third-order valence-corrected chi connectivity index (χ3v) is 10.9. The molecule has 0 fully saturated rings. The molecule has 0 amide bonds. The Kier molecular flexibility index (Phi) is 7.17. The van der Waals surface area contributed by atoms with Crippen LogP contribution < -0.4 is 0 Å². The molecule has 6 nitrogen and oxygen atoms in total. The summed E-state index contributed by atoms with van der Waals surface area (Å²) in [6.07, 6.45) is 3.38. The fraction of sp³-hybridized carbons (Fsp3) is 0.0816. The molecule has 0 aliphatic carbocycles. The first-order valence-electron chi connectivity index (χ1n) is 18.9. The third kappa shape index (κ3) is 4.98. The summed E-state index contributed by atoms with van der Waals surface area (Å²) in [5, 5.41) is 6.54. The number of benzene rings is 7. The minimum absolute atomic E-state index is 0.576. The van der Waals surface area contributed by atoms with E-state index in [0.29, 0.717) is 17.5 Å². The predicted molar refractivity (Wildman–Crippen MR) is 224 cm³/mol. The van der Waals surface area contributed by atoms with Crippen molar-refractivity contribution in [3.05, 3.63) is 157 Å². The molecule has 11 rings (SSSR count). The summed E-state index contributed by atoms with van der Waals surface area (Å²) in [6, 6.07) is 52.4. The number of nitrogens with zero attached hydrogens (tertiary/aromatic N) is 4. The molecule has 0 N–H and O–H groups in total. The van der Waals surface area contributed by atoms with Crippen LogP contribution in [0.2, 0.25) is 0 Å². The fourth-order valence-electron chi connectivity index (χ4n) is 8.27. The van der Waals surface area contributed by atoms with Crippen molar-refractivity contribution in [2.75, 3.05) is 0 Å². The van der Waals surface area contributed by atoms with Gasteiger partial charge in [-0.25, -0.2) is 15.0 Å². The zero-order valence-electron chi connectivity index (χ0n) is 30.2. The molecule has 0 radical (unpaired) electrons. The first-order valence-corrected chi connectivity index (χ1v) is 18.9. The maximum atomic E-state index is 6.81. The van der Waals surface area contributed by atoms with Crippen LogP contribution in [-0.4, -0.2) is 19.5 Å². The Morgan fingerprint density at radius 2 is 1.20 bits per heavy atom. The van der Waals surface area contributed by atoms with Crippen molar-refractivity contribution in [1.29, 1.82) is 0 Å². The van der Waals surface area contributed by atoms with Gasteiger partial charge in [-0.3, -0.25) is 0 Å². The summed E-state index contributed by atoms with van der Waals surface area (Å²) in [6.45, 7) is 2.24. The first-order chi connectivity index (χ1) is 27.2. The molecule has 0 saturated heterocycles. The van der Waals surface area contributed by atoms with Gasteiger partial charge in [0.2, 0.25) is 0 Å². The second kappa shape index (κ2) is 12.5. The highest BCUT2D eigenvalue weighted by Gasteiger charge is 2.23. The lowest BCUT2D eigenvalue weighted by atomic mass is 10.0. The number of furan rings is 2. The number of hydrogen-bond acceptors (Lipinski definition) is 5. The average molecular weight is 711 g/mol. The average Bonchev–Trinajstić information content (AvgIpc) is 3.92. The molecule has 4 aromatic heterocycles. The van der Waals surface area contributed by atoms with Gasteiger partial charge in [0.05, 0.1) is 16.7 Å². The summed E-state index contributed by atoms with van der Waals surface area (Å²) in [7, 11) is 0. The molecule has 0 bridgehead atoms. The highest BCUT2D eigenvalue weighted by atomic mass is 16.3. The number of para-hydroxylation sites is 3. The summed E-state index contributed by atoms with van der Waals surface area (Å²) in [5.74, 6) is 1.75. The molecule has 0 spiro atoms. The van der Waals surface area contributed by atoms with Crippen LogP contribution in [0.15, 0.2) is 160 Å². The van der Waals surface area contributed by atoms with E-state index in [-0.39, 0.29) is 0 Å². The third-order valence-electron chi connectivity index (χ3n) is 10.9.